The molecule has 1 rings (SSSR count). The molecule has 1 aromatic rings. The molecule has 1 N–H and O–H groups in total. The molecule has 0 aromatic carbocycles. The number of pyridine rings is 1. The summed E-state index contributed by atoms with van der Waals surface area (Å²) >= 11 is 0. The van der Waals surface area contributed by atoms with Crippen LogP contribution < -0.4 is 5.32 Å². The first-order chi connectivity index (χ1) is 7.09. The molecule has 0 radical (unpaired) electrons. The predicted octanol–water partition coefficient (Wildman–Crippen LogP) is 2.76. The van der Waals surface area contributed by atoms with Gasteiger partial charge in [0, 0.05) is 12.6 Å². The highest BCUT2D eigenvalue weighted by Crippen LogP contribution is 2.11. The Labute approximate surface area is 90.9 Å². The fourth-order valence-corrected chi connectivity index (χ4v) is 1.23. The van der Waals surface area contributed by atoms with Gasteiger partial charge in [-0.05, 0) is 30.9 Å². The van der Waals surface area contributed by atoms with Gasteiger partial charge in [-0.1, -0.05) is 19.9 Å². The zero-order chi connectivity index (χ0) is 11.3. The minimum atomic E-state index is 0.0468. The molecule has 3 heteroatoms. The van der Waals surface area contributed by atoms with Gasteiger partial charge < -0.3 is 5.32 Å². The minimum absolute atomic E-state index is 0.0468. The van der Waals surface area contributed by atoms with Gasteiger partial charge in [0.25, 0.3) is 0 Å². The monoisotopic (exact) mass is 206 g/mol. The third-order valence-electron chi connectivity index (χ3n) is 2.22. The first-order valence-corrected chi connectivity index (χ1v) is 5.31. The highest BCUT2D eigenvalue weighted by molar-refractivity contribution is 5.90. The lowest BCUT2D eigenvalue weighted by Crippen LogP contribution is -2.14. The lowest BCUT2D eigenvalue weighted by Gasteiger charge is -2.07. The molecule has 3 nitrogen and oxygen atoms in total. The van der Waals surface area contributed by atoms with Gasteiger partial charge in [0.1, 0.15) is 5.82 Å². The maximum atomic E-state index is 11.5. The molecular formula is C12H18N2O. The Hall–Kier alpha value is -1.38. The van der Waals surface area contributed by atoms with Crippen LogP contribution in [-0.2, 0) is 4.79 Å². The van der Waals surface area contributed by atoms with Gasteiger partial charge in [-0.15, -0.1) is 0 Å². The number of hydrogen-bond acceptors (Lipinski definition) is 2. The lowest BCUT2D eigenvalue weighted by molar-refractivity contribution is -0.116. The van der Waals surface area contributed by atoms with Gasteiger partial charge in [-0.2, -0.15) is 0 Å². The SMILES string of the molecule is Cc1cccnc1NC(=O)CCC(C)C. The lowest BCUT2D eigenvalue weighted by atomic mass is 10.1. The Bertz CT molecular complexity index is 334. The van der Waals surface area contributed by atoms with Crippen LogP contribution in [0.3, 0.4) is 0 Å². The van der Waals surface area contributed by atoms with Crippen molar-refractivity contribution in [2.24, 2.45) is 5.92 Å². The zero-order valence-corrected chi connectivity index (χ0v) is 9.58. The molecule has 0 aliphatic heterocycles. The summed E-state index contributed by atoms with van der Waals surface area (Å²) in [5, 5.41) is 2.82. The van der Waals surface area contributed by atoms with Gasteiger partial charge in [0.15, 0.2) is 0 Å². The van der Waals surface area contributed by atoms with Crippen molar-refractivity contribution in [3.63, 3.8) is 0 Å². The Morgan fingerprint density at radius 2 is 2.27 bits per heavy atom. The van der Waals surface area contributed by atoms with Gasteiger partial charge in [-0.3, -0.25) is 4.79 Å². The van der Waals surface area contributed by atoms with Crippen molar-refractivity contribution in [3.05, 3.63) is 23.9 Å². The zero-order valence-electron chi connectivity index (χ0n) is 9.58. The summed E-state index contributed by atoms with van der Waals surface area (Å²) in [6.45, 7) is 6.16. The van der Waals surface area contributed by atoms with E-state index in [4.69, 9.17) is 0 Å². The molecule has 0 fully saturated rings. The molecule has 1 aromatic heterocycles. The Morgan fingerprint density at radius 3 is 2.87 bits per heavy atom. The van der Waals surface area contributed by atoms with Crippen molar-refractivity contribution < 1.29 is 4.79 Å². The predicted molar refractivity (Wildman–Crippen MR) is 61.7 cm³/mol. The minimum Gasteiger partial charge on any atom is -0.310 e. The molecule has 0 aliphatic carbocycles. The summed E-state index contributed by atoms with van der Waals surface area (Å²) in [7, 11) is 0. The summed E-state index contributed by atoms with van der Waals surface area (Å²) < 4.78 is 0. The first kappa shape index (κ1) is 11.7. The van der Waals surface area contributed by atoms with Gasteiger partial charge >= 0.3 is 0 Å². The van der Waals surface area contributed by atoms with Crippen LogP contribution in [0.4, 0.5) is 5.82 Å². The maximum Gasteiger partial charge on any atom is 0.225 e. The average Bonchev–Trinajstić information content (AvgIpc) is 2.18. The van der Waals surface area contributed by atoms with E-state index in [0.29, 0.717) is 18.2 Å². The Morgan fingerprint density at radius 1 is 1.53 bits per heavy atom. The summed E-state index contributed by atoms with van der Waals surface area (Å²) in [5.41, 5.74) is 0.996. The van der Waals surface area contributed by atoms with Crippen LogP contribution in [0.15, 0.2) is 18.3 Å². The molecule has 0 unspecified atom stereocenters. The summed E-state index contributed by atoms with van der Waals surface area (Å²) in [5.74, 6) is 1.28. The number of nitrogens with one attached hydrogen (secondary N) is 1. The van der Waals surface area contributed by atoms with Crippen LogP contribution in [0, 0.1) is 12.8 Å². The van der Waals surface area contributed by atoms with E-state index < -0.39 is 0 Å². The number of carbonyl (C=O) groups excluding carboxylic acids is 1. The van der Waals surface area contributed by atoms with Crippen molar-refractivity contribution in [2.75, 3.05) is 5.32 Å². The standard InChI is InChI=1S/C12H18N2O/c1-9(2)6-7-11(15)14-12-10(3)5-4-8-13-12/h4-5,8-9H,6-7H2,1-3H3,(H,13,14,15). The molecule has 0 atom stereocenters. The maximum absolute atomic E-state index is 11.5. The first-order valence-electron chi connectivity index (χ1n) is 5.31. The molecule has 1 heterocycles. The van der Waals surface area contributed by atoms with Crippen molar-refractivity contribution in [2.45, 2.75) is 33.6 Å². The van der Waals surface area contributed by atoms with Crippen molar-refractivity contribution in [1.82, 2.24) is 4.98 Å². The van der Waals surface area contributed by atoms with Crippen LogP contribution >= 0.6 is 0 Å². The van der Waals surface area contributed by atoms with E-state index in [1.165, 1.54) is 0 Å². The fraction of sp³-hybridized carbons (Fsp3) is 0.500. The Kier molecular flexibility index (Phi) is 4.28. The topological polar surface area (TPSA) is 42.0 Å². The fourth-order valence-electron chi connectivity index (χ4n) is 1.23. The smallest absolute Gasteiger partial charge is 0.225 e. The molecule has 15 heavy (non-hydrogen) atoms. The second-order valence-electron chi connectivity index (χ2n) is 4.15. The van der Waals surface area contributed by atoms with Crippen LogP contribution in [0.5, 0.6) is 0 Å². The van der Waals surface area contributed by atoms with E-state index in [1.807, 2.05) is 19.1 Å². The number of aryl methyl sites for hydroxylation is 1. The number of carbonyl (C=O) groups is 1. The Balaban J connectivity index is 2.48. The van der Waals surface area contributed by atoms with Gasteiger partial charge in [0.05, 0.1) is 0 Å². The van der Waals surface area contributed by atoms with E-state index in [2.05, 4.69) is 24.1 Å². The highest BCUT2D eigenvalue weighted by Gasteiger charge is 2.05. The molecule has 0 spiro atoms. The number of rotatable bonds is 4. The van der Waals surface area contributed by atoms with E-state index in [0.717, 1.165) is 12.0 Å². The van der Waals surface area contributed by atoms with Crippen molar-refractivity contribution >= 4 is 11.7 Å². The number of aromatic nitrogens is 1. The number of anilines is 1. The summed E-state index contributed by atoms with van der Waals surface area (Å²) in [6, 6.07) is 3.80. The van der Waals surface area contributed by atoms with Crippen LogP contribution in [0.1, 0.15) is 32.3 Å². The molecule has 0 aliphatic rings. The molecule has 0 bridgehead atoms. The molecule has 1 amide bonds. The molecular weight excluding hydrogens is 188 g/mol. The summed E-state index contributed by atoms with van der Waals surface area (Å²) in [6.07, 6.45) is 3.16. The second-order valence-corrected chi connectivity index (χ2v) is 4.15. The highest BCUT2D eigenvalue weighted by atomic mass is 16.1. The summed E-state index contributed by atoms with van der Waals surface area (Å²) in [4.78, 5) is 15.6. The number of hydrogen-bond donors (Lipinski definition) is 1. The van der Waals surface area contributed by atoms with E-state index in [9.17, 15) is 4.79 Å². The second kappa shape index (κ2) is 5.49. The van der Waals surface area contributed by atoms with Gasteiger partial charge in [0.2, 0.25) is 5.91 Å². The van der Waals surface area contributed by atoms with Crippen LogP contribution in [0.2, 0.25) is 0 Å². The number of nitrogens with zero attached hydrogens (tertiary/aromatic N) is 1. The quantitative estimate of drug-likeness (QED) is 0.823. The van der Waals surface area contributed by atoms with Gasteiger partial charge in [-0.25, -0.2) is 4.98 Å². The van der Waals surface area contributed by atoms with E-state index >= 15 is 0 Å². The average molecular weight is 206 g/mol. The van der Waals surface area contributed by atoms with Crippen molar-refractivity contribution in [1.29, 1.82) is 0 Å². The number of amides is 1. The molecule has 0 saturated heterocycles. The van der Waals surface area contributed by atoms with Crippen molar-refractivity contribution in [3.8, 4) is 0 Å². The van der Waals surface area contributed by atoms with E-state index in [-0.39, 0.29) is 5.91 Å². The molecule has 82 valence electrons. The normalized spacial score (nSPS) is 10.4. The van der Waals surface area contributed by atoms with Crippen LogP contribution in [-0.4, -0.2) is 10.9 Å². The van der Waals surface area contributed by atoms with Crippen LogP contribution in [0.25, 0.3) is 0 Å². The largest absolute Gasteiger partial charge is 0.310 e. The molecule has 0 saturated carbocycles. The van der Waals surface area contributed by atoms with E-state index in [1.54, 1.807) is 6.20 Å². The third kappa shape index (κ3) is 4.11. The third-order valence-corrected chi connectivity index (χ3v) is 2.22.